The number of nitrogens with one attached hydrogen (secondary N) is 1. The Balaban J connectivity index is 1.53. The summed E-state index contributed by atoms with van der Waals surface area (Å²) in [4.78, 5) is 20.1. The summed E-state index contributed by atoms with van der Waals surface area (Å²) < 4.78 is 5.33. The van der Waals surface area contributed by atoms with Gasteiger partial charge in [0, 0.05) is 31.9 Å². The van der Waals surface area contributed by atoms with E-state index in [9.17, 15) is 4.79 Å². The standard InChI is InChI=1S/C21H26N4O2S/c1-21(2)11-13-25(14-12-21)19(28)23-16-9-10-18(22-15-16)27-20(26)24(3)17-7-5-4-6-8-17/h4-10,15H,11-14H2,1-3H3,(H,23,28). The van der Waals surface area contributed by atoms with Gasteiger partial charge in [0.2, 0.25) is 5.88 Å². The highest BCUT2D eigenvalue weighted by atomic mass is 32.1. The summed E-state index contributed by atoms with van der Waals surface area (Å²) in [7, 11) is 1.66. The van der Waals surface area contributed by atoms with Crippen LogP contribution in [0.15, 0.2) is 48.7 Å². The first-order valence-electron chi connectivity index (χ1n) is 9.37. The highest BCUT2D eigenvalue weighted by Gasteiger charge is 2.26. The molecule has 7 heteroatoms. The van der Waals surface area contributed by atoms with Gasteiger partial charge in [0.15, 0.2) is 5.11 Å². The van der Waals surface area contributed by atoms with Crippen molar-refractivity contribution in [2.75, 3.05) is 30.4 Å². The normalized spacial score (nSPS) is 15.6. The second kappa shape index (κ2) is 8.56. The molecule has 0 atom stereocenters. The lowest BCUT2D eigenvalue weighted by Gasteiger charge is -2.38. The Morgan fingerprint density at radius 3 is 2.46 bits per heavy atom. The fourth-order valence-corrected chi connectivity index (χ4v) is 3.25. The van der Waals surface area contributed by atoms with Gasteiger partial charge >= 0.3 is 6.09 Å². The zero-order valence-corrected chi connectivity index (χ0v) is 17.3. The van der Waals surface area contributed by atoms with Gasteiger partial charge in [-0.15, -0.1) is 0 Å². The maximum Gasteiger partial charge on any atom is 0.420 e. The number of para-hydroxylation sites is 1. The van der Waals surface area contributed by atoms with Crippen molar-refractivity contribution in [2.24, 2.45) is 5.41 Å². The van der Waals surface area contributed by atoms with Gasteiger partial charge in [0.25, 0.3) is 0 Å². The Hall–Kier alpha value is -2.67. The minimum Gasteiger partial charge on any atom is -0.391 e. The van der Waals surface area contributed by atoms with Crippen LogP contribution in [0.5, 0.6) is 5.88 Å². The lowest BCUT2D eigenvalue weighted by atomic mass is 9.83. The van der Waals surface area contributed by atoms with Gasteiger partial charge in [-0.05, 0) is 48.7 Å². The first kappa shape index (κ1) is 20.1. The van der Waals surface area contributed by atoms with Crippen molar-refractivity contribution >= 4 is 34.8 Å². The van der Waals surface area contributed by atoms with Crippen molar-refractivity contribution in [3.8, 4) is 5.88 Å². The van der Waals surface area contributed by atoms with Crippen molar-refractivity contribution in [3.05, 3.63) is 48.7 Å². The molecular formula is C21H26N4O2S. The summed E-state index contributed by atoms with van der Waals surface area (Å²) in [6.07, 6.45) is 3.37. The summed E-state index contributed by atoms with van der Waals surface area (Å²) in [5, 5.41) is 3.91. The van der Waals surface area contributed by atoms with E-state index in [4.69, 9.17) is 17.0 Å². The van der Waals surface area contributed by atoms with Crippen LogP contribution in [0.1, 0.15) is 26.7 Å². The third-order valence-corrected chi connectivity index (χ3v) is 5.36. The Morgan fingerprint density at radius 1 is 1.18 bits per heavy atom. The molecule has 3 rings (SSSR count). The number of hydrogen-bond acceptors (Lipinski definition) is 4. The molecule has 2 heterocycles. The maximum absolute atomic E-state index is 12.3. The summed E-state index contributed by atoms with van der Waals surface area (Å²) >= 11 is 5.52. The Morgan fingerprint density at radius 2 is 1.86 bits per heavy atom. The molecule has 0 bridgehead atoms. The van der Waals surface area contributed by atoms with Gasteiger partial charge in [0.05, 0.1) is 11.9 Å². The SMILES string of the molecule is CN(C(=O)Oc1ccc(NC(=S)N2CCC(C)(C)CC2)cn1)c1ccccc1. The van der Waals surface area contributed by atoms with Gasteiger partial charge in [-0.25, -0.2) is 9.78 Å². The molecule has 148 valence electrons. The second-order valence-corrected chi connectivity index (χ2v) is 8.12. The molecule has 6 nitrogen and oxygen atoms in total. The molecular weight excluding hydrogens is 372 g/mol. The predicted octanol–water partition coefficient (Wildman–Crippen LogP) is 4.54. The lowest BCUT2D eigenvalue weighted by Crippen LogP contribution is -2.43. The fraction of sp³-hybridized carbons (Fsp3) is 0.381. The van der Waals surface area contributed by atoms with Crippen molar-refractivity contribution in [1.29, 1.82) is 0 Å². The molecule has 1 N–H and O–H groups in total. The van der Waals surface area contributed by atoms with E-state index in [1.807, 2.05) is 30.3 Å². The number of nitrogens with zero attached hydrogens (tertiary/aromatic N) is 3. The number of anilines is 2. The number of piperidine rings is 1. The summed E-state index contributed by atoms with van der Waals surface area (Å²) in [6.45, 7) is 6.49. The first-order chi connectivity index (χ1) is 13.3. The number of amides is 1. The van der Waals surface area contributed by atoms with Gasteiger partial charge in [-0.1, -0.05) is 32.0 Å². The van der Waals surface area contributed by atoms with E-state index in [0.29, 0.717) is 10.5 Å². The maximum atomic E-state index is 12.3. The Labute approximate surface area is 171 Å². The van der Waals surface area contributed by atoms with E-state index >= 15 is 0 Å². The van der Waals surface area contributed by atoms with Crippen molar-refractivity contribution in [1.82, 2.24) is 9.88 Å². The number of thiocarbonyl (C=S) groups is 1. The lowest BCUT2D eigenvalue weighted by molar-refractivity contribution is 0.190. The Bertz CT molecular complexity index is 814. The highest BCUT2D eigenvalue weighted by molar-refractivity contribution is 7.80. The van der Waals surface area contributed by atoms with Crippen LogP contribution in [0.25, 0.3) is 0 Å². The number of likely N-dealkylation sites (tertiary alicyclic amines) is 1. The quantitative estimate of drug-likeness (QED) is 0.767. The molecule has 1 aromatic carbocycles. The molecule has 1 fully saturated rings. The number of pyridine rings is 1. The molecule has 28 heavy (non-hydrogen) atoms. The minimum atomic E-state index is -0.495. The van der Waals surface area contributed by atoms with Crippen LogP contribution in [-0.2, 0) is 0 Å². The zero-order chi connectivity index (χ0) is 20.1. The van der Waals surface area contributed by atoms with Crippen LogP contribution >= 0.6 is 12.2 Å². The number of carbonyl (C=O) groups excluding carboxylic acids is 1. The molecule has 0 aliphatic carbocycles. The summed E-state index contributed by atoms with van der Waals surface area (Å²) in [5.74, 6) is 0.240. The van der Waals surface area contributed by atoms with Crippen LogP contribution < -0.4 is 15.0 Å². The number of ether oxygens (including phenoxy) is 1. The van der Waals surface area contributed by atoms with E-state index in [2.05, 4.69) is 29.0 Å². The minimum absolute atomic E-state index is 0.240. The first-order valence-corrected chi connectivity index (χ1v) is 9.77. The van der Waals surface area contributed by atoms with Crippen molar-refractivity contribution in [2.45, 2.75) is 26.7 Å². The third-order valence-electron chi connectivity index (χ3n) is 5.00. The van der Waals surface area contributed by atoms with Gasteiger partial charge < -0.3 is 15.0 Å². The smallest absolute Gasteiger partial charge is 0.391 e. The highest BCUT2D eigenvalue weighted by Crippen LogP contribution is 2.30. The van der Waals surface area contributed by atoms with E-state index in [0.717, 1.165) is 37.3 Å². The van der Waals surface area contributed by atoms with Crippen LogP contribution in [0, 0.1) is 5.41 Å². The molecule has 1 aliphatic rings. The van der Waals surface area contributed by atoms with Crippen LogP contribution in [-0.4, -0.2) is 41.2 Å². The largest absolute Gasteiger partial charge is 0.420 e. The van der Waals surface area contributed by atoms with Gasteiger partial charge in [-0.2, -0.15) is 0 Å². The van der Waals surface area contributed by atoms with Gasteiger partial charge in [-0.3, -0.25) is 4.90 Å². The second-order valence-electron chi connectivity index (χ2n) is 7.73. The van der Waals surface area contributed by atoms with E-state index in [1.54, 1.807) is 25.4 Å². The molecule has 1 aliphatic heterocycles. The molecule has 1 aromatic heterocycles. The molecule has 0 saturated carbocycles. The van der Waals surface area contributed by atoms with Crippen molar-refractivity contribution in [3.63, 3.8) is 0 Å². The average Bonchev–Trinajstić information content (AvgIpc) is 2.69. The molecule has 1 saturated heterocycles. The summed E-state index contributed by atoms with van der Waals surface area (Å²) in [6, 6.07) is 12.8. The predicted molar refractivity (Wildman–Crippen MR) is 116 cm³/mol. The Kier molecular flexibility index (Phi) is 6.14. The number of benzene rings is 1. The monoisotopic (exact) mass is 398 g/mol. The van der Waals surface area contributed by atoms with Crippen LogP contribution in [0.2, 0.25) is 0 Å². The van der Waals surface area contributed by atoms with E-state index in [-0.39, 0.29) is 5.88 Å². The summed E-state index contributed by atoms with van der Waals surface area (Å²) in [5.41, 5.74) is 1.90. The average molecular weight is 399 g/mol. The van der Waals surface area contributed by atoms with Crippen molar-refractivity contribution < 1.29 is 9.53 Å². The molecule has 1 amide bonds. The van der Waals surface area contributed by atoms with E-state index in [1.165, 1.54) is 4.90 Å². The fourth-order valence-electron chi connectivity index (χ4n) is 2.95. The van der Waals surface area contributed by atoms with E-state index < -0.39 is 6.09 Å². The number of aromatic nitrogens is 1. The van der Waals surface area contributed by atoms with Crippen LogP contribution in [0.3, 0.4) is 0 Å². The topological polar surface area (TPSA) is 57.7 Å². The number of rotatable bonds is 3. The zero-order valence-electron chi connectivity index (χ0n) is 16.5. The molecule has 2 aromatic rings. The molecule has 0 spiro atoms. The molecule has 0 radical (unpaired) electrons. The number of hydrogen-bond donors (Lipinski definition) is 1. The van der Waals surface area contributed by atoms with Gasteiger partial charge in [0.1, 0.15) is 0 Å². The third kappa shape index (κ3) is 5.19. The number of carbonyl (C=O) groups is 1. The molecule has 0 unspecified atom stereocenters. The van der Waals surface area contributed by atoms with Crippen LogP contribution in [0.4, 0.5) is 16.2 Å².